The van der Waals surface area contributed by atoms with E-state index >= 15 is 0 Å². The summed E-state index contributed by atoms with van der Waals surface area (Å²) in [4.78, 5) is 0. The van der Waals surface area contributed by atoms with Crippen LogP contribution in [0.15, 0.2) is 24.3 Å². The van der Waals surface area contributed by atoms with Crippen molar-refractivity contribution in [2.45, 2.75) is 12.3 Å². The van der Waals surface area contributed by atoms with Crippen LogP contribution >= 0.6 is 0 Å². The van der Waals surface area contributed by atoms with E-state index in [1.807, 2.05) is 24.3 Å². The predicted octanol–water partition coefficient (Wildman–Crippen LogP) is 1.58. The monoisotopic (exact) mass is 240 g/mol. The Morgan fingerprint density at radius 1 is 1.44 bits per heavy atom. The minimum absolute atomic E-state index is 0.0723. The van der Waals surface area contributed by atoms with E-state index in [1.54, 1.807) is 0 Å². The van der Waals surface area contributed by atoms with Crippen LogP contribution in [0.1, 0.15) is 22.7 Å². The highest BCUT2D eigenvalue weighted by atomic mass is 16.5. The summed E-state index contributed by atoms with van der Waals surface area (Å²) >= 11 is 0. The molecule has 0 aliphatic carbocycles. The first-order valence-electron chi connectivity index (χ1n) is 5.74. The summed E-state index contributed by atoms with van der Waals surface area (Å²) in [6.45, 7) is 0.524. The van der Waals surface area contributed by atoms with E-state index in [-0.39, 0.29) is 5.92 Å². The highest BCUT2D eigenvalue weighted by Gasteiger charge is 2.26. The second-order valence-corrected chi connectivity index (χ2v) is 4.33. The average Bonchev–Trinajstić information content (AvgIpc) is 2.79. The van der Waals surface area contributed by atoms with E-state index in [0.717, 1.165) is 17.7 Å². The normalized spacial score (nSPS) is 17.6. The number of hydrogen-bond acceptors (Lipinski definition) is 4. The van der Waals surface area contributed by atoms with Gasteiger partial charge in [0.05, 0.1) is 12.3 Å². The predicted molar refractivity (Wildman–Crippen MR) is 66.1 cm³/mol. The number of aromatic amines is 1. The Labute approximate surface area is 104 Å². The fourth-order valence-electron chi connectivity index (χ4n) is 2.29. The van der Waals surface area contributed by atoms with Crippen LogP contribution in [0.3, 0.4) is 0 Å². The molecule has 0 fully saturated rings. The van der Waals surface area contributed by atoms with Gasteiger partial charge < -0.3 is 10.5 Å². The minimum atomic E-state index is 0.0723. The van der Waals surface area contributed by atoms with Crippen molar-refractivity contribution in [1.29, 1.82) is 5.26 Å². The van der Waals surface area contributed by atoms with E-state index in [0.29, 0.717) is 23.7 Å². The lowest BCUT2D eigenvalue weighted by molar-refractivity contribution is 0.260. The number of nitrogen functional groups attached to an aromatic ring is 1. The molecular weight excluding hydrogens is 228 g/mol. The maximum absolute atomic E-state index is 9.08. The van der Waals surface area contributed by atoms with E-state index in [1.165, 1.54) is 0 Å². The zero-order valence-electron chi connectivity index (χ0n) is 9.68. The van der Waals surface area contributed by atoms with Crippen LogP contribution in [0, 0.1) is 11.3 Å². The molecule has 2 aromatic rings. The quantitative estimate of drug-likeness (QED) is 0.792. The van der Waals surface area contributed by atoms with Crippen molar-refractivity contribution in [1.82, 2.24) is 10.2 Å². The zero-order chi connectivity index (χ0) is 12.5. The molecule has 1 aliphatic rings. The molecule has 1 aromatic heterocycles. The largest absolute Gasteiger partial charge is 0.493 e. The first-order valence-corrected chi connectivity index (χ1v) is 5.74. The smallest absolute Gasteiger partial charge is 0.137 e. The number of nitrogens with zero attached hydrogens (tertiary/aromatic N) is 2. The minimum Gasteiger partial charge on any atom is -0.493 e. The van der Waals surface area contributed by atoms with Gasteiger partial charge in [-0.25, -0.2) is 0 Å². The Kier molecular flexibility index (Phi) is 2.41. The third kappa shape index (κ3) is 1.59. The van der Waals surface area contributed by atoms with Gasteiger partial charge in [-0.2, -0.15) is 10.4 Å². The average molecular weight is 240 g/mol. The highest BCUT2D eigenvalue weighted by Crippen LogP contribution is 2.33. The third-order valence-corrected chi connectivity index (χ3v) is 3.20. The van der Waals surface area contributed by atoms with Gasteiger partial charge in [0.1, 0.15) is 23.2 Å². The molecule has 18 heavy (non-hydrogen) atoms. The van der Waals surface area contributed by atoms with E-state index < -0.39 is 0 Å². The molecule has 0 amide bonds. The molecule has 0 saturated carbocycles. The van der Waals surface area contributed by atoms with Gasteiger partial charge in [-0.05, 0) is 18.1 Å². The first-order chi connectivity index (χ1) is 8.79. The molecule has 90 valence electrons. The van der Waals surface area contributed by atoms with Crippen LogP contribution in [-0.2, 0) is 6.42 Å². The molecule has 1 aliphatic heterocycles. The highest BCUT2D eigenvalue weighted by molar-refractivity contribution is 5.52. The van der Waals surface area contributed by atoms with Crippen molar-refractivity contribution in [2.75, 3.05) is 12.3 Å². The zero-order valence-corrected chi connectivity index (χ0v) is 9.68. The van der Waals surface area contributed by atoms with E-state index in [2.05, 4.69) is 16.3 Å². The van der Waals surface area contributed by atoms with Crippen molar-refractivity contribution in [2.24, 2.45) is 0 Å². The van der Waals surface area contributed by atoms with Gasteiger partial charge in [0.25, 0.3) is 0 Å². The molecule has 1 unspecified atom stereocenters. The fraction of sp³-hybridized carbons (Fsp3) is 0.231. The number of hydrogen-bond donors (Lipinski definition) is 2. The Morgan fingerprint density at radius 2 is 2.28 bits per heavy atom. The molecule has 3 rings (SSSR count). The lowest BCUT2D eigenvalue weighted by Gasteiger charge is -2.24. The Hall–Kier alpha value is -2.48. The molecule has 3 N–H and O–H groups in total. The van der Waals surface area contributed by atoms with Crippen molar-refractivity contribution in [3.05, 3.63) is 41.1 Å². The van der Waals surface area contributed by atoms with Crippen LogP contribution in [0.25, 0.3) is 0 Å². The maximum atomic E-state index is 9.08. The van der Waals surface area contributed by atoms with Gasteiger partial charge in [-0.1, -0.05) is 18.2 Å². The summed E-state index contributed by atoms with van der Waals surface area (Å²) in [5.74, 6) is 1.31. The standard InChI is InChI=1S/C13H12N4O/c14-6-10-12(16-17-13(10)15)9-5-8-3-1-2-4-11(8)18-7-9/h1-4,9H,5,7H2,(H3,15,16,17). The summed E-state index contributed by atoms with van der Waals surface area (Å²) in [5, 5.41) is 15.9. The van der Waals surface area contributed by atoms with Gasteiger partial charge in [0.2, 0.25) is 0 Å². The Balaban J connectivity index is 1.95. The van der Waals surface area contributed by atoms with Crippen molar-refractivity contribution in [3.63, 3.8) is 0 Å². The number of nitriles is 1. The molecular formula is C13H12N4O. The van der Waals surface area contributed by atoms with Crippen LogP contribution in [0.2, 0.25) is 0 Å². The summed E-state index contributed by atoms with van der Waals surface area (Å²) in [6.07, 6.45) is 0.815. The lowest BCUT2D eigenvalue weighted by atomic mass is 9.92. The number of rotatable bonds is 1. The molecule has 0 spiro atoms. The summed E-state index contributed by atoms with van der Waals surface area (Å²) in [6, 6.07) is 10.0. The number of para-hydroxylation sites is 1. The number of H-pyrrole nitrogens is 1. The third-order valence-electron chi connectivity index (χ3n) is 3.20. The lowest BCUT2D eigenvalue weighted by Crippen LogP contribution is -2.20. The van der Waals surface area contributed by atoms with Gasteiger partial charge in [0, 0.05) is 5.92 Å². The van der Waals surface area contributed by atoms with Crippen LogP contribution in [0.4, 0.5) is 5.82 Å². The van der Waals surface area contributed by atoms with E-state index in [4.69, 9.17) is 15.7 Å². The number of benzene rings is 1. The molecule has 2 heterocycles. The van der Waals surface area contributed by atoms with Gasteiger partial charge in [-0.3, -0.25) is 5.10 Å². The van der Waals surface area contributed by atoms with Gasteiger partial charge >= 0.3 is 0 Å². The number of ether oxygens (including phenoxy) is 1. The number of aromatic nitrogens is 2. The molecule has 0 saturated heterocycles. The maximum Gasteiger partial charge on any atom is 0.137 e. The van der Waals surface area contributed by atoms with Crippen molar-refractivity contribution < 1.29 is 4.74 Å². The van der Waals surface area contributed by atoms with Crippen LogP contribution in [-0.4, -0.2) is 16.8 Å². The number of nitrogens with one attached hydrogen (secondary N) is 1. The fourth-order valence-corrected chi connectivity index (χ4v) is 2.29. The number of fused-ring (bicyclic) bond motifs is 1. The second kappa shape index (κ2) is 4.08. The molecule has 0 bridgehead atoms. The van der Waals surface area contributed by atoms with Crippen LogP contribution in [0.5, 0.6) is 5.75 Å². The number of anilines is 1. The molecule has 0 radical (unpaired) electrons. The molecule has 1 atom stereocenters. The van der Waals surface area contributed by atoms with Crippen molar-refractivity contribution in [3.8, 4) is 11.8 Å². The Morgan fingerprint density at radius 3 is 3.11 bits per heavy atom. The SMILES string of the molecule is N#Cc1c(C2COc3ccccc3C2)n[nH]c1N. The summed E-state index contributed by atoms with van der Waals surface area (Å²) in [5.41, 5.74) is 7.94. The molecule has 1 aromatic carbocycles. The summed E-state index contributed by atoms with van der Waals surface area (Å²) in [7, 11) is 0. The Bertz CT molecular complexity index is 626. The number of nitrogens with two attached hydrogens (primary N) is 1. The molecule has 5 heteroatoms. The van der Waals surface area contributed by atoms with Crippen molar-refractivity contribution >= 4 is 5.82 Å². The summed E-state index contributed by atoms with van der Waals surface area (Å²) < 4.78 is 5.70. The molecule has 5 nitrogen and oxygen atoms in total. The van der Waals surface area contributed by atoms with Crippen LogP contribution < -0.4 is 10.5 Å². The van der Waals surface area contributed by atoms with E-state index in [9.17, 15) is 0 Å². The van der Waals surface area contributed by atoms with Gasteiger partial charge in [0.15, 0.2) is 0 Å². The van der Waals surface area contributed by atoms with Gasteiger partial charge in [-0.15, -0.1) is 0 Å². The second-order valence-electron chi connectivity index (χ2n) is 4.33. The topological polar surface area (TPSA) is 87.7 Å². The first kappa shape index (κ1) is 10.7.